The standard InChI is InChI=1S/C18H16BrClN2O2/c19-15-3-1-2-14(12-15)18(24)22-10-8-21(9-11-22)17(23)13-4-6-16(20)7-5-13/h1-7,12H,8-11H2. The molecule has 0 atom stereocenters. The van der Waals surface area contributed by atoms with Crippen molar-refractivity contribution in [3.8, 4) is 0 Å². The molecule has 0 aliphatic carbocycles. The number of benzene rings is 2. The molecule has 1 aliphatic heterocycles. The van der Waals surface area contributed by atoms with Crippen LogP contribution in [0.25, 0.3) is 0 Å². The summed E-state index contributed by atoms with van der Waals surface area (Å²) in [4.78, 5) is 28.6. The number of hydrogen-bond acceptors (Lipinski definition) is 2. The fourth-order valence-corrected chi connectivity index (χ4v) is 3.22. The normalized spacial score (nSPS) is 14.6. The smallest absolute Gasteiger partial charge is 0.254 e. The molecule has 24 heavy (non-hydrogen) atoms. The SMILES string of the molecule is O=C(c1ccc(Cl)cc1)N1CCN(C(=O)c2cccc(Br)c2)CC1. The van der Waals surface area contributed by atoms with E-state index in [4.69, 9.17) is 11.6 Å². The molecule has 2 aromatic carbocycles. The number of carbonyl (C=O) groups is 2. The van der Waals surface area contributed by atoms with Gasteiger partial charge >= 0.3 is 0 Å². The van der Waals surface area contributed by atoms with E-state index in [9.17, 15) is 9.59 Å². The predicted molar refractivity (Wildman–Crippen MR) is 97.4 cm³/mol. The van der Waals surface area contributed by atoms with Crippen molar-refractivity contribution >= 4 is 39.3 Å². The van der Waals surface area contributed by atoms with Gasteiger partial charge in [-0.15, -0.1) is 0 Å². The molecule has 1 heterocycles. The molecule has 6 heteroatoms. The second kappa shape index (κ2) is 7.36. The number of piperazine rings is 1. The third kappa shape index (κ3) is 3.79. The van der Waals surface area contributed by atoms with Crippen molar-refractivity contribution in [3.63, 3.8) is 0 Å². The first-order chi connectivity index (χ1) is 11.5. The summed E-state index contributed by atoms with van der Waals surface area (Å²) in [5.41, 5.74) is 1.27. The minimum absolute atomic E-state index is 0.00473. The summed E-state index contributed by atoms with van der Waals surface area (Å²) in [5.74, 6) is -0.0314. The molecule has 0 radical (unpaired) electrons. The highest BCUT2D eigenvalue weighted by Crippen LogP contribution is 2.16. The molecular weight excluding hydrogens is 392 g/mol. The number of nitrogens with zero attached hydrogens (tertiary/aromatic N) is 2. The molecular formula is C18H16BrClN2O2. The van der Waals surface area contributed by atoms with Crippen molar-refractivity contribution in [2.24, 2.45) is 0 Å². The number of amides is 2. The maximum atomic E-state index is 12.5. The summed E-state index contributed by atoms with van der Waals surface area (Å²) >= 11 is 9.23. The number of carbonyl (C=O) groups excluding carboxylic acids is 2. The Bertz CT molecular complexity index is 756. The zero-order valence-corrected chi connectivity index (χ0v) is 15.3. The van der Waals surface area contributed by atoms with E-state index in [0.717, 1.165) is 4.47 Å². The number of halogens is 2. The quantitative estimate of drug-likeness (QED) is 0.761. The van der Waals surface area contributed by atoms with Gasteiger partial charge in [0.15, 0.2) is 0 Å². The van der Waals surface area contributed by atoms with Gasteiger partial charge in [-0.25, -0.2) is 0 Å². The summed E-state index contributed by atoms with van der Waals surface area (Å²) in [7, 11) is 0. The van der Waals surface area contributed by atoms with E-state index in [1.54, 1.807) is 40.1 Å². The van der Waals surface area contributed by atoms with Gasteiger partial charge in [0.2, 0.25) is 0 Å². The van der Waals surface area contributed by atoms with Gasteiger partial charge in [0.25, 0.3) is 11.8 Å². The molecule has 2 amide bonds. The fourth-order valence-electron chi connectivity index (χ4n) is 2.69. The topological polar surface area (TPSA) is 40.6 Å². The van der Waals surface area contributed by atoms with Crippen LogP contribution in [0.5, 0.6) is 0 Å². The Labute approximate surface area is 154 Å². The van der Waals surface area contributed by atoms with E-state index in [0.29, 0.717) is 42.3 Å². The van der Waals surface area contributed by atoms with Gasteiger partial charge in [0.1, 0.15) is 0 Å². The van der Waals surface area contributed by atoms with Gasteiger partial charge in [-0.3, -0.25) is 9.59 Å². The van der Waals surface area contributed by atoms with Crippen molar-refractivity contribution in [3.05, 3.63) is 69.2 Å². The van der Waals surface area contributed by atoms with Crippen LogP contribution in [0.2, 0.25) is 5.02 Å². The lowest BCUT2D eigenvalue weighted by atomic mass is 10.1. The van der Waals surface area contributed by atoms with Gasteiger partial charge in [0, 0.05) is 46.8 Å². The van der Waals surface area contributed by atoms with Crippen LogP contribution in [0.3, 0.4) is 0 Å². The average Bonchev–Trinajstić information content (AvgIpc) is 2.61. The number of rotatable bonds is 2. The van der Waals surface area contributed by atoms with Crippen molar-refractivity contribution in [2.45, 2.75) is 0 Å². The average molecular weight is 408 g/mol. The fraction of sp³-hybridized carbons (Fsp3) is 0.222. The Morgan fingerprint density at radius 2 is 1.38 bits per heavy atom. The van der Waals surface area contributed by atoms with Crippen LogP contribution in [-0.4, -0.2) is 47.8 Å². The van der Waals surface area contributed by atoms with Crippen LogP contribution in [0.15, 0.2) is 53.0 Å². The molecule has 0 unspecified atom stereocenters. The summed E-state index contributed by atoms with van der Waals surface area (Å²) in [6.45, 7) is 2.12. The third-order valence-corrected chi connectivity index (χ3v) is 4.76. The van der Waals surface area contributed by atoms with Crippen molar-refractivity contribution < 1.29 is 9.59 Å². The van der Waals surface area contributed by atoms with E-state index in [2.05, 4.69) is 15.9 Å². The highest BCUT2D eigenvalue weighted by atomic mass is 79.9. The number of hydrogen-bond donors (Lipinski definition) is 0. The van der Waals surface area contributed by atoms with Crippen LogP contribution in [0, 0.1) is 0 Å². The molecule has 0 saturated carbocycles. The Morgan fingerprint density at radius 1 is 0.833 bits per heavy atom. The second-order valence-corrected chi connectivity index (χ2v) is 6.95. The van der Waals surface area contributed by atoms with Crippen molar-refractivity contribution in [1.29, 1.82) is 0 Å². The lowest BCUT2D eigenvalue weighted by molar-refractivity contribution is 0.0535. The van der Waals surface area contributed by atoms with E-state index in [1.807, 2.05) is 18.2 Å². The first kappa shape index (κ1) is 17.0. The Kier molecular flexibility index (Phi) is 5.21. The van der Waals surface area contributed by atoms with Gasteiger partial charge in [-0.1, -0.05) is 33.6 Å². The predicted octanol–water partition coefficient (Wildman–Crippen LogP) is 3.70. The molecule has 3 rings (SSSR count). The maximum Gasteiger partial charge on any atom is 0.254 e. The van der Waals surface area contributed by atoms with Gasteiger partial charge in [0.05, 0.1) is 0 Å². The highest BCUT2D eigenvalue weighted by Gasteiger charge is 2.25. The lowest BCUT2D eigenvalue weighted by Crippen LogP contribution is -2.50. The van der Waals surface area contributed by atoms with E-state index >= 15 is 0 Å². The minimum Gasteiger partial charge on any atom is -0.335 e. The van der Waals surface area contributed by atoms with E-state index in [1.165, 1.54) is 0 Å². The lowest BCUT2D eigenvalue weighted by Gasteiger charge is -2.35. The Morgan fingerprint density at radius 3 is 1.92 bits per heavy atom. The minimum atomic E-state index is -0.0266. The van der Waals surface area contributed by atoms with Crippen LogP contribution in [0.4, 0.5) is 0 Å². The molecule has 1 aliphatic rings. The Balaban J connectivity index is 1.62. The molecule has 124 valence electrons. The van der Waals surface area contributed by atoms with Crippen molar-refractivity contribution in [1.82, 2.24) is 9.80 Å². The van der Waals surface area contributed by atoms with E-state index in [-0.39, 0.29) is 11.8 Å². The molecule has 0 aromatic heterocycles. The van der Waals surface area contributed by atoms with Crippen LogP contribution >= 0.6 is 27.5 Å². The van der Waals surface area contributed by atoms with Crippen LogP contribution in [-0.2, 0) is 0 Å². The van der Waals surface area contributed by atoms with Crippen LogP contribution in [0.1, 0.15) is 20.7 Å². The summed E-state index contributed by atoms with van der Waals surface area (Å²) in [6.07, 6.45) is 0. The zero-order chi connectivity index (χ0) is 17.1. The monoisotopic (exact) mass is 406 g/mol. The van der Waals surface area contributed by atoms with Gasteiger partial charge < -0.3 is 9.80 Å². The third-order valence-electron chi connectivity index (χ3n) is 4.02. The molecule has 2 aromatic rings. The first-order valence-electron chi connectivity index (χ1n) is 7.64. The van der Waals surface area contributed by atoms with Gasteiger partial charge in [-0.05, 0) is 42.5 Å². The zero-order valence-electron chi connectivity index (χ0n) is 12.9. The second-order valence-electron chi connectivity index (χ2n) is 5.60. The Hall–Kier alpha value is -1.85. The molecule has 1 saturated heterocycles. The van der Waals surface area contributed by atoms with Crippen molar-refractivity contribution in [2.75, 3.05) is 26.2 Å². The molecule has 0 bridgehead atoms. The molecule has 4 nitrogen and oxygen atoms in total. The highest BCUT2D eigenvalue weighted by molar-refractivity contribution is 9.10. The molecule has 1 fully saturated rings. The summed E-state index contributed by atoms with van der Waals surface area (Å²) < 4.78 is 0.880. The molecule has 0 N–H and O–H groups in total. The van der Waals surface area contributed by atoms with Gasteiger partial charge in [-0.2, -0.15) is 0 Å². The summed E-state index contributed by atoms with van der Waals surface area (Å²) in [5, 5.41) is 0.607. The maximum absolute atomic E-state index is 12.5. The van der Waals surface area contributed by atoms with E-state index < -0.39 is 0 Å². The molecule has 0 spiro atoms. The first-order valence-corrected chi connectivity index (χ1v) is 8.81. The van der Waals surface area contributed by atoms with Crippen LogP contribution < -0.4 is 0 Å². The largest absolute Gasteiger partial charge is 0.335 e. The summed E-state index contributed by atoms with van der Waals surface area (Å²) in [6, 6.07) is 14.2.